The molecule has 0 aromatic heterocycles. The van der Waals surface area contributed by atoms with E-state index in [9.17, 15) is 13.2 Å². The number of amides is 1. The lowest BCUT2D eigenvalue weighted by molar-refractivity contribution is -0.114. The molecule has 0 fully saturated rings. The summed E-state index contributed by atoms with van der Waals surface area (Å²) in [7, 11) is -3.96. The third-order valence-electron chi connectivity index (χ3n) is 4.21. The Labute approximate surface area is 197 Å². The molecule has 0 aliphatic heterocycles. The van der Waals surface area contributed by atoms with E-state index in [4.69, 9.17) is 11.6 Å². The number of carbonyl (C=O) groups excluding carboxylic acids is 1. The summed E-state index contributed by atoms with van der Waals surface area (Å²) in [6, 6.07) is 18.2. The van der Waals surface area contributed by atoms with Crippen molar-refractivity contribution in [1.29, 1.82) is 0 Å². The van der Waals surface area contributed by atoms with Crippen LogP contribution in [0.25, 0.3) is 0 Å². The molecule has 1 amide bonds. The largest absolute Gasteiger partial charge is 0.324 e. The average Bonchev–Trinajstić information content (AvgIpc) is 2.70. The van der Waals surface area contributed by atoms with Crippen molar-refractivity contribution in [3.05, 3.63) is 86.3 Å². The van der Waals surface area contributed by atoms with Crippen LogP contribution in [0.2, 0.25) is 5.02 Å². The number of sulfonamides is 1. The minimum absolute atomic E-state index is 0.107. The van der Waals surface area contributed by atoms with Gasteiger partial charge in [-0.3, -0.25) is 9.10 Å². The average molecular weight is 573 g/mol. The van der Waals surface area contributed by atoms with E-state index in [1.54, 1.807) is 54.6 Å². The summed E-state index contributed by atoms with van der Waals surface area (Å²) in [5, 5.41) is 3.13. The number of hydrogen-bond donors (Lipinski definition) is 1. The van der Waals surface area contributed by atoms with Crippen LogP contribution >= 0.6 is 43.5 Å². The second-order valence-electron chi connectivity index (χ2n) is 6.48. The monoisotopic (exact) mass is 570 g/mol. The van der Waals surface area contributed by atoms with Gasteiger partial charge in [0.15, 0.2) is 0 Å². The second-order valence-corrected chi connectivity index (χ2v) is 10.5. The summed E-state index contributed by atoms with van der Waals surface area (Å²) in [5.41, 5.74) is 1.79. The zero-order chi connectivity index (χ0) is 21.9. The van der Waals surface area contributed by atoms with Crippen molar-refractivity contribution in [2.24, 2.45) is 0 Å². The molecule has 0 heterocycles. The Morgan fingerprint density at radius 1 is 1.00 bits per heavy atom. The number of halogens is 3. The molecular weight excluding hydrogens is 556 g/mol. The topological polar surface area (TPSA) is 66.5 Å². The van der Waals surface area contributed by atoms with Gasteiger partial charge in [-0.2, -0.15) is 0 Å². The van der Waals surface area contributed by atoms with Gasteiger partial charge in [-0.25, -0.2) is 8.42 Å². The smallest absolute Gasteiger partial charge is 0.264 e. The Balaban J connectivity index is 1.93. The Hall–Kier alpha value is -1.87. The molecule has 156 valence electrons. The van der Waals surface area contributed by atoms with Crippen LogP contribution in [0.1, 0.15) is 5.56 Å². The molecule has 3 rings (SSSR count). The molecule has 0 saturated carbocycles. The van der Waals surface area contributed by atoms with Gasteiger partial charge in [0, 0.05) is 14.6 Å². The van der Waals surface area contributed by atoms with Gasteiger partial charge in [-0.15, -0.1) is 0 Å². The van der Waals surface area contributed by atoms with E-state index in [-0.39, 0.29) is 4.90 Å². The Morgan fingerprint density at radius 3 is 2.23 bits per heavy atom. The predicted octanol–water partition coefficient (Wildman–Crippen LogP) is 6.01. The highest BCUT2D eigenvalue weighted by atomic mass is 79.9. The lowest BCUT2D eigenvalue weighted by atomic mass is 10.2. The SMILES string of the molecule is Cc1ccc(S(=O)(=O)N(CC(=O)Nc2ccc(Br)c(Cl)c2)c2ccc(Br)cc2)cc1. The van der Waals surface area contributed by atoms with Gasteiger partial charge < -0.3 is 5.32 Å². The van der Waals surface area contributed by atoms with Gasteiger partial charge in [0.25, 0.3) is 10.0 Å². The third-order valence-corrected chi connectivity index (χ3v) is 7.76. The quantitative estimate of drug-likeness (QED) is 0.394. The van der Waals surface area contributed by atoms with Crippen LogP contribution in [0.15, 0.2) is 80.6 Å². The minimum Gasteiger partial charge on any atom is -0.324 e. The molecule has 0 aliphatic carbocycles. The van der Waals surface area contributed by atoms with E-state index in [0.717, 1.165) is 14.3 Å². The fraction of sp³-hybridized carbons (Fsp3) is 0.0952. The molecule has 0 saturated heterocycles. The number of anilines is 2. The van der Waals surface area contributed by atoms with Crippen molar-refractivity contribution in [3.63, 3.8) is 0 Å². The molecule has 0 bridgehead atoms. The highest BCUT2D eigenvalue weighted by Crippen LogP contribution is 2.27. The van der Waals surface area contributed by atoms with Gasteiger partial charge in [-0.1, -0.05) is 45.2 Å². The molecule has 0 aliphatic rings. The van der Waals surface area contributed by atoms with Crippen molar-refractivity contribution in [3.8, 4) is 0 Å². The maximum absolute atomic E-state index is 13.3. The van der Waals surface area contributed by atoms with Crippen molar-refractivity contribution in [1.82, 2.24) is 0 Å². The molecule has 0 spiro atoms. The van der Waals surface area contributed by atoms with E-state index >= 15 is 0 Å². The molecule has 9 heteroatoms. The van der Waals surface area contributed by atoms with Gasteiger partial charge in [0.05, 0.1) is 15.6 Å². The Kier molecular flexibility index (Phi) is 7.23. The molecule has 0 atom stereocenters. The second kappa shape index (κ2) is 9.51. The predicted molar refractivity (Wildman–Crippen MR) is 128 cm³/mol. The van der Waals surface area contributed by atoms with Crippen molar-refractivity contribution >= 4 is 70.8 Å². The maximum atomic E-state index is 13.3. The number of aryl methyl sites for hydroxylation is 1. The van der Waals surface area contributed by atoms with Crippen molar-refractivity contribution in [2.45, 2.75) is 11.8 Å². The molecular formula is C21H17Br2ClN2O3S. The lowest BCUT2D eigenvalue weighted by Gasteiger charge is -2.24. The van der Waals surface area contributed by atoms with Crippen molar-refractivity contribution < 1.29 is 13.2 Å². The van der Waals surface area contributed by atoms with Crippen LogP contribution in [0.4, 0.5) is 11.4 Å². The van der Waals surface area contributed by atoms with Crippen molar-refractivity contribution in [2.75, 3.05) is 16.2 Å². The highest BCUT2D eigenvalue weighted by molar-refractivity contribution is 9.10. The van der Waals surface area contributed by atoms with Gasteiger partial charge in [0.1, 0.15) is 6.54 Å². The summed E-state index contributed by atoms with van der Waals surface area (Å²) >= 11 is 12.7. The molecule has 1 N–H and O–H groups in total. The summed E-state index contributed by atoms with van der Waals surface area (Å²) in [5.74, 6) is -0.494. The van der Waals surface area contributed by atoms with E-state index in [1.807, 2.05) is 6.92 Å². The number of nitrogens with zero attached hydrogens (tertiary/aromatic N) is 1. The molecule has 3 aromatic carbocycles. The van der Waals surface area contributed by atoms with E-state index in [1.165, 1.54) is 12.1 Å². The number of carbonyl (C=O) groups is 1. The van der Waals surface area contributed by atoms with Crippen LogP contribution in [0.3, 0.4) is 0 Å². The fourth-order valence-electron chi connectivity index (χ4n) is 2.66. The standard InChI is InChI=1S/C21H17Br2ClN2O3S/c1-14-2-9-18(10-3-14)30(28,29)26(17-7-4-15(22)5-8-17)13-21(27)25-16-6-11-19(23)20(24)12-16/h2-12H,13H2,1H3,(H,25,27). The van der Waals surface area contributed by atoms with Crippen LogP contribution < -0.4 is 9.62 Å². The lowest BCUT2D eigenvalue weighted by Crippen LogP contribution is -2.38. The first-order valence-corrected chi connectivity index (χ1v) is 12.2. The fourth-order valence-corrected chi connectivity index (χ4v) is 4.78. The Bertz CT molecular complexity index is 1170. The molecule has 3 aromatic rings. The summed E-state index contributed by atoms with van der Waals surface area (Å²) in [6.45, 7) is 1.48. The first-order valence-electron chi connectivity index (χ1n) is 8.77. The molecule has 5 nitrogen and oxygen atoms in total. The first-order chi connectivity index (χ1) is 14.2. The molecule has 30 heavy (non-hydrogen) atoms. The molecule has 0 radical (unpaired) electrons. The van der Waals surface area contributed by atoms with Gasteiger partial charge in [0.2, 0.25) is 5.91 Å². The van der Waals surface area contributed by atoms with E-state index in [0.29, 0.717) is 20.9 Å². The number of nitrogens with one attached hydrogen (secondary N) is 1. The van der Waals surface area contributed by atoms with E-state index in [2.05, 4.69) is 37.2 Å². The van der Waals surface area contributed by atoms with Crippen LogP contribution in [0.5, 0.6) is 0 Å². The van der Waals surface area contributed by atoms with Crippen LogP contribution in [-0.2, 0) is 14.8 Å². The third kappa shape index (κ3) is 5.43. The zero-order valence-electron chi connectivity index (χ0n) is 15.8. The minimum atomic E-state index is -3.96. The number of rotatable bonds is 6. The van der Waals surface area contributed by atoms with Gasteiger partial charge in [-0.05, 0) is 77.5 Å². The molecule has 0 unspecified atom stereocenters. The first kappa shape index (κ1) is 22.8. The van der Waals surface area contributed by atoms with Gasteiger partial charge >= 0.3 is 0 Å². The zero-order valence-corrected chi connectivity index (χ0v) is 20.5. The summed E-state index contributed by atoms with van der Waals surface area (Å²) < 4.78 is 29.2. The van der Waals surface area contributed by atoms with E-state index < -0.39 is 22.5 Å². The Morgan fingerprint density at radius 2 is 1.63 bits per heavy atom. The highest BCUT2D eigenvalue weighted by Gasteiger charge is 2.27. The summed E-state index contributed by atoms with van der Waals surface area (Å²) in [4.78, 5) is 12.8. The number of benzene rings is 3. The maximum Gasteiger partial charge on any atom is 0.264 e. The van der Waals surface area contributed by atoms with Crippen LogP contribution in [0, 0.1) is 6.92 Å². The normalized spacial score (nSPS) is 11.2. The van der Waals surface area contributed by atoms with Crippen LogP contribution in [-0.4, -0.2) is 20.9 Å². The number of hydrogen-bond acceptors (Lipinski definition) is 3. The summed E-state index contributed by atoms with van der Waals surface area (Å²) in [6.07, 6.45) is 0.